The fourth-order valence-corrected chi connectivity index (χ4v) is 2.09. The van der Waals surface area contributed by atoms with Gasteiger partial charge in [-0.2, -0.15) is 0 Å². The van der Waals surface area contributed by atoms with E-state index >= 15 is 0 Å². The molecular weight excluding hydrogens is 214 g/mol. The van der Waals surface area contributed by atoms with Crippen LogP contribution in [0.1, 0.15) is 18.4 Å². The molecule has 0 saturated carbocycles. The van der Waals surface area contributed by atoms with Crippen molar-refractivity contribution in [2.45, 2.75) is 19.4 Å². The van der Waals surface area contributed by atoms with E-state index < -0.39 is 0 Å². The molecule has 1 N–H and O–H groups in total. The number of nitrogens with one attached hydrogen (secondary N) is 1. The van der Waals surface area contributed by atoms with Gasteiger partial charge in [-0.05, 0) is 43.0 Å². The van der Waals surface area contributed by atoms with Crippen molar-refractivity contribution in [3.63, 3.8) is 0 Å². The molecule has 94 valence electrons. The van der Waals surface area contributed by atoms with Crippen LogP contribution >= 0.6 is 0 Å². The van der Waals surface area contributed by atoms with Gasteiger partial charge in [0.15, 0.2) is 0 Å². The maximum atomic E-state index is 5.36. The van der Waals surface area contributed by atoms with Crippen LogP contribution in [0, 0.1) is 5.92 Å². The third-order valence-corrected chi connectivity index (χ3v) is 3.24. The van der Waals surface area contributed by atoms with E-state index in [1.807, 2.05) is 12.1 Å². The van der Waals surface area contributed by atoms with E-state index in [1.54, 1.807) is 7.11 Å². The molecule has 0 aromatic heterocycles. The topological polar surface area (TPSA) is 30.5 Å². The third kappa shape index (κ3) is 4.02. The van der Waals surface area contributed by atoms with Crippen molar-refractivity contribution in [2.24, 2.45) is 5.92 Å². The van der Waals surface area contributed by atoms with Gasteiger partial charge in [-0.3, -0.25) is 0 Å². The molecule has 1 heterocycles. The largest absolute Gasteiger partial charge is 0.497 e. The second-order valence-electron chi connectivity index (χ2n) is 4.54. The molecule has 3 heteroatoms. The number of hydrogen-bond donors (Lipinski definition) is 1. The summed E-state index contributed by atoms with van der Waals surface area (Å²) in [6.07, 6.45) is 2.44. The van der Waals surface area contributed by atoms with Gasteiger partial charge in [0.25, 0.3) is 0 Å². The normalized spacial score (nSPS) is 19.5. The van der Waals surface area contributed by atoms with E-state index in [-0.39, 0.29) is 0 Å². The Morgan fingerprint density at radius 2 is 2.18 bits per heavy atom. The van der Waals surface area contributed by atoms with E-state index in [0.29, 0.717) is 0 Å². The third-order valence-electron chi connectivity index (χ3n) is 3.24. The second kappa shape index (κ2) is 6.62. The van der Waals surface area contributed by atoms with Crippen molar-refractivity contribution in [2.75, 3.05) is 26.9 Å². The molecule has 1 unspecified atom stereocenters. The first-order valence-corrected chi connectivity index (χ1v) is 6.30. The smallest absolute Gasteiger partial charge is 0.118 e. The van der Waals surface area contributed by atoms with E-state index in [0.717, 1.165) is 38.0 Å². The first-order valence-electron chi connectivity index (χ1n) is 6.30. The standard InChI is InChI=1S/C14H21NO2/c1-16-14-4-2-12(3-5-14)10-15-8-6-13-7-9-17-11-13/h2-5,13,15H,6-11H2,1H3. The average molecular weight is 235 g/mol. The predicted molar refractivity (Wildman–Crippen MR) is 68.2 cm³/mol. The van der Waals surface area contributed by atoms with Gasteiger partial charge in [0.2, 0.25) is 0 Å². The quantitative estimate of drug-likeness (QED) is 0.767. The van der Waals surface area contributed by atoms with Crippen LogP contribution in [0.3, 0.4) is 0 Å². The Morgan fingerprint density at radius 3 is 2.82 bits per heavy atom. The van der Waals surface area contributed by atoms with Crippen LogP contribution in [0.4, 0.5) is 0 Å². The minimum absolute atomic E-state index is 0.762. The Labute approximate surface area is 103 Å². The molecule has 1 aliphatic rings. The highest BCUT2D eigenvalue weighted by atomic mass is 16.5. The maximum absolute atomic E-state index is 5.36. The molecule has 1 aromatic rings. The summed E-state index contributed by atoms with van der Waals surface area (Å²) in [5.74, 6) is 1.68. The molecule has 2 rings (SSSR count). The lowest BCUT2D eigenvalue weighted by atomic mass is 10.1. The van der Waals surface area contributed by atoms with Crippen LogP contribution in [-0.4, -0.2) is 26.9 Å². The summed E-state index contributed by atoms with van der Waals surface area (Å²) in [4.78, 5) is 0. The van der Waals surface area contributed by atoms with Gasteiger partial charge in [0.1, 0.15) is 5.75 Å². The van der Waals surface area contributed by atoms with Crippen LogP contribution < -0.4 is 10.1 Å². The summed E-state index contributed by atoms with van der Waals surface area (Å²) < 4.78 is 10.5. The Balaban J connectivity index is 1.63. The first kappa shape index (κ1) is 12.4. The zero-order valence-corrected chi connectivity index (χ0v) is 10.4. The van der Waals surface area contributed by atoms with Crippen molar-refractivity contribution in [1.29, 1.82) is 0 Å². The highest BCUT2D eigenvalue weighted by Gasteiger charge is 2.14. The van der Waals surface area contributed by atoms with Gasteiger partial charge in [-0.1, -0.05) is 12.1 Å². The van der Waals surface area contributed by atoms with Gasteiger partial charge in [0, 0.05) is 19.8 Å². The summed E-state index contributed by atoms with van der Waals surface area (Å²) in [6.45, 7) is 3.89. The van der Waals surface area contributed by atoms with Crippen molar-refractivity contribution in [3.8, 4) is 5.75 Å². The molecule has 1 atom stereocenters. The summed E-state index contributed by atoms with van der Waals surface area (Å²) in [5, 5.41) is 3.47. The van der Waals surface area contributed by atoms with Crippen LogP contribution in [-0.2, 0) is 11.3 Å². The van der Waals surface area contributed by atoms with Crippen molar-refractivity contribution in [1.82, 2.24) is 5.32 Å². The fraction of sp³-hybridized carbons (Fsp3) is 0.571. The van der Waals surface area contributed by atoms with Gasteiger partial charge >= 0.3 is 0 Å². The van der Waals surface area contributed by atoms with Crippen LogP contribution in [0.25, 0.3) is 0 Å². The Morgan fingerprint density at radius 1 is 1.35 bits per heavy atom. The molecule has 0 radical (unpaired) electrons. The average Bonchev–Trinajstić information content (AvgIpc) is 2.88. The Bertz CT molecular complexity index is 317. The van der Waals surface area contributed by atoms with Gasteiger partial charge in [-0.25, -0.2) is 0 Å². The van der Waals surface area contributed by atoms with E-state index in [1.165, 1.54) is 18.4 Å². The molecule has 1 saturated heterocycles. The molecule has 17 heavy (non-hydrogen) atoms. The molecule has 0 aliphatic carbocycles. The molecule has 1 fully saturated rings. The van der Waals surface area contributed by atoms with Crippen molar-refractivity contribution < 1.29 is 9.47 Å². The Hall–Kier alpha value is -1.06. The van der Waals surface area contributed by atoms with Crippen LogP contribution in [0.15, 0.2) is 24.3 Å². The SMILES string of the molecule is COc1ccc(CNCCC2CCOC2)cc1. The molecule has 0 amide bonds. The van der Waals surface area contributed by atoms with E-state index in [4.69, 9.17) is 9.47 Å². The molecule has 1 aromatic carbocycles. The van der Waals surface area contributed by atoms with E-state index in [2.05, 4.69) is 17.4 Å². The zero-order valence-electron chi connectivity index (χ0n) is 10.4. The molecule has 0 bridgehead atoms. The molecule has 0 spiro atoms. The number of ether oxygens (including phenoxy) is 2. The minimum atomic E-state index is 0.762. The lowest BCUT2D eigenvalue weighted by Gasteiger charge is -2.09. The maximum Gasteiger partial charge on any atom is 0.118 e. The Kier molecular flexibility index (Phi) is 4.83. The lowest BCUT2D eigenvalue weighted by molar-refractivity contribution is 0.184. The monoisotopic (exact) mass is 235 g/mol. The fourth-order valence-electron chi connectivity index (χ4n) is 2.09. The summed E-state index contributed by atoms with van der Waals surface area (Å²) in [7, 11) is 1.69. The summed E-state index contributed by atoms with van der Waals surface area (Å²) >= 11 is 0. The minimum Gasteiger partial charge on any atom is -0.497 e. The number of rotatable bonds is 6. The highest BCUT2D eigenvalue weighted by molar-refractivity contribution is 5.26. The predicted octanol–water partition coefficient (Wildman–Crippen LogP) is 2.21. The summed E-state index contributed by atoms with van der Waals surface area (Å²) in [5.41, 5.74) is 1.30. The van der Waals surface area contributed by atoms with Gasteiger partial charge < -0.3 is 14.8 Å². The van der Waals surface area contributed by atoms with Gasteiger partial charge in [0.05, 0.1) is 7.11 Å². The van der Waals surface area contributed by atoms with Crippen LogP contribution in [0.5, 0.6) is 5.75 Å². The second-order valence-corrected chi connectivity index (χ2v) is 4.54. The molecular formula is C14H21NO2. The molecule has 3 nitrogen and oxygen atoms in total. The molecule has 1 aliphatic heterocycles. The zero-order chi connectivity index (χ0) is 11.9. The van der Waals surface area contributed by atoms with Gasteiger partial charge in [-0.15, -0.1) is 0 Å². The number of methoxy groups -OCH3 is 1. The lowest BCUT2D eigenvalue weighted by Crippen LogP contribution is -2.17. The number of benzene rings is 1. The van der Waals surface area contributed by atoms with E-state index in [9.17, 15) is 0 Å². The summed E-state index contributed by atoms with van der Waals surface area (Å²) in [6, 6.07) is 8.21. The van der Waals surface area contributed by atoms with Crippen molar-refractivity contribution in [3.05, 3.63) is 29.8 Å². The van der Waals surface area contributed by atoms with Crippen molar-refractivity contribution >= 4 is 0 Å². The van der Waals surface area contributed by atoms with Crippen LogP contribution in [0.2, 0.25) is 0 Å². The highest BCUT2D eigenvalue weighted by Crippen LogP contribution is 2.15. The number of hydrogen-bond acceptors (Lipinski definition) is 3. The first-order chi connectivity index (χ1) is 8.38.